The molecule has 1 aliphatic carbocycles. The second-order valence-corrected chi connectivity index (χ2v) is 5.53. The average molecular weight is 304 g/mol. The molecule has 1 saturated carbocycles. The van der Waals surface area contributed by atoms with E-state index in [1.165, 1.54) is 16.8 Å². The predicted octanol–water partition coefficient (Wildman–Crippen LogP) is 1.65. The number of rotatable bonds is 5. The van der Waals surface area contributed by atoms with Crippen LogP contribution in [0.1, 0.15) is 18.0 Å². The molecule has 1 aromatic carbocycles. The van der Waals surface area contributed by atoms with E-state index in [1.807, 2.05) is 30.3 Å². The van der Waals surface area contributed by atoms with Gasteiger partial charge in [0.2, 0.25) is 0 Å². The van der Waals surface area contributed by atoms with Gasteiger partial charge in [0, 0.05) is 18.2 Å². The number of hydrogen-bond donors (Lipinski definition) is 1. The zero-order valence-electron chi connectivity index (χ0n) is 11.9. The summed E-state index contributed by atoms with van der Waals surface area (Å²) in [6, 6.07) is 10.4. The van der Waals surface area contributed by atoms with Crippen LogP contribution in [-0.4, -0.2) is 22.3 Å². The maximum Gasteiger partial charge on any atom is 0.328 e. The molecule has 2 aromatic rings. The fourth-order valence-electron chi connectivity index (χ4n) is 2.71. The van der Waals surface area contributed by atoms with Crippen molar-refractivity contribution in [3.05, 3.63) is 69.0 Å². The first kappa shape index (κ1) is 14.7. The SMILES string of the molecule is O=c1ccn([C@@H]2C[C@H](COCc3ccccc3)C2F)c(=O)[nH]1. The Balaban J connectivity index is 1.53. The van der Waals surface area contributed by atoms with Gasteiger partial charge in [-0.1, -0.05) is 30.3 Å². The monoisotopic (exact) mass is 304 g/mol. The van der Waals surface area contributed by atoms with Crippen LogP contribution in [0.4, 0.5) is 4.39 Å². The molecule has 1 heterocycles. The van der Waals surface area contributed by atoms with E-state index in [9.17, 15) is 14.0 Å². The molecule has 1 fully saturated rings. The first-order valence-electron chi connectivity index (χ1n) is 7.22. The molecule has 3 rings (SSSR count). The third-order valence-electron chi connectivity index (χ3n) is 4.01. The first-order chi connectivity index (χ1) is 10.6. The van der Waals surface area contributed by atoms with Crippen LogP contribution in [0, 0.1) is 5.92 Å². The maximum atomic E-state index is 14.2. The van der Waals surface area contributed by atoms with Crippen molar-refractivity contribution in [1.82, 2.24) is 9.55 Å². The van der Waals surface area contributed by atoms with Crippen molar-refractivity contribution in [3.8, 4) is 0 Å². The molecule has 0 radical (unpaired) electrons. The fraction of sp³-hybridized carbons (Fsp3) is 0.375. The molecule has 5 nitrogen and oxygen atoms in total. The van der Waals surface area contributed by atoms with Gasteiger partial charge in [0.1, 0.15) is 6.17 Å². The minimum absolute atomic E-state index is 0.215. The highest BCUT2D eigenvalue weighted by Crippen LogP contribution is 2.40. The maximum absolute atomic E-state index is 14.2. The van der Waals surface area contributed by atoms with Crippen molar-refractivity contribution in [2.24, 2.45) is 5.92 Å². The van der Waals surface area contributed by atoms with E-state index in [4.69, 9.17) is 4.74 Å². The molecular weight excluding hydrogens is 287 g/mol. The summed E-state index contributed by atoms with van der Waals surface area (Å²) in [6.45, 7) is 0.776. The summed E-state index contributed by atoms with van der Waals surface area (Å²) in [7, 11) is 0. The van der Waals surface area contributed by atoms with E-state index in [0.717, 1.165) is 5.56 Å². The quantitative estimate of drug-likeness (QED) is 0.913. The minimum atomic E-state index is -1.14. The average Bonchev–Trinajstić information content (AvgIpc) is 2.52. The number of nitrogens with one attached hydrogen (secondary N) is 1. The summed E-state index contributed by atoms with van der Waals surface area (Å²) in [5.41, 5.74) is 0.00756. The Labute approximate surface area is 126 Å². The van der Waals surface area contributed by atoms with Gasteiger partial charge < -0.3 is 4.74 Å². The third-order valence-corrected chi connectivity index (χ3v) is 4.01. The van der Waals surface area contributed by atoms with Crippen LogP contribution in [-0.2, 0) is 11.3 Å². The van der Waals surface area contributed by atoms with E-state index in [-0.39, 0.29) is 5.92 Å². The van der Waals surface area contributed by atoms with Crippen molar-refractivity contribution in [1.29, 1.82) is 0 Å². The molecule has 0 bridgehead atoms. The summed E-state index contributed by atoms with van der Waals surface area (Å²) in [6.07, 6.45) is 0.737. The number of H-pyrrole nitrogens is 1. The molecule has 22 heavy (non-hydrogen) atoms. The van der Waals surface area contributed by atoms with E-state index in [0.29, 0.717) is 19.6 Å². The number of benzene rings is 1. The number of nitrogens with zero attached hydrogens (tertiary/aromatic N) is 1. The summed E-state index contributed by atoms with van der Waals surface area (Å²) >= 11 is 0. The Morgan fingerprint density at radius 3 is 2.68 bits per heavy atom. The number of halogens is 1. The Kier molecular flexibility index (Phi) is 4.20. The molecule has 0 amide bonds. The zero-order valence-corrected chi connectivity index (χ0v) is 11.9. The van der Waals surface area contributed by atoms with Gasteiger partial charge in [-0.05, 0) is 12.0 Å². The van der Waals surface area contributed by atoms with Crippen LogP contribution >= 0.6 is 0 Å². The smallest absolute Gasteiger partial charge is 0.328 e. The molecule has 1 aliphatic rings. The second-order valence-electron chi connectivity index (χ2n) is 5.53. The highest BCUT2D eigenvalue weighted by molar-refractivity contribution is 5.13. The largest absolute Gasteiger partial charge is 0.376 e. The van der Waals surface area contributed by atoms with Gasteiger partial charge >= 0.3 is 5.69 Å². The van der Waals surface area contributed by atoms with E-state index >= 15 is 0 Å². The van der Waals surface area contributed by atoms with Crippen LogP contribution in [0.2, 0.25) is 0 Å². The van der Waals surface area contributed by atoms with Gasteiger partial charge in [-0.3, -0.25) is 14.3 Å². The highest BCUT2D eigenvalue weighted by Gasteiger charge is 2.43. The first-order valence-corrected chi connectivity index (χ1v) is 7.22. The van der Waals surface area contributed by atoms with Crippen molar-refractivity contribution in [3.63, 3.8) is 0 Å². The molecule has 1 aromatic heterocycles. The lowest BCUT2D eigenvalue weighted by molar-refractivity contribution is -0.0315. The standard InChI is InChI=1S/C16H17FN2O3/c17-15-12(10-22-9-11-4-2-1-3-5-11)8-13(15)19-7-6-14(20)18-16(19)21/h1-7,12-13,15H,8-10H2,(H,18,20,21)/t12-,13-,15?/m1/s1. The summed E-state index contributed by atoms with van der Waals surface area (Å²) in [5.74, 6) is -0.215. The topological polar surface area (TPSA) is 64.1 Å². The highest BCUT2D eigenvalue weighted by atomic mass is 19.1. The molecule has 1 N–H and O–H groups in total. The van der Waals surface area contributed by atoms with Crippen LogP contribution in [0.5, 0.6) is 0 Å². The van der Waals surface area contributed by atoms with Gasteiger partial charge in [0.25, 0.3) is 5.56 Å². The van der Waals surface area contributed by atoms with Gasteiger partial charge in [0.05, 0.1) is 19.3 Å². The lowest BCUT2D eigenvalue weighted by atomic mass is 9.78. The van der Waals surface area contributed by atoms with Crippen LogP contribution < -0.4 is 11.2 Å². The predicted molar refractivity (Wildman–Crippen MR) is 79.5 cm³/mol. The summed E-state index contributed by atoms with van der Waals surface area (Å²) < 4.78 is 21.0. The Morgan fingerprint density at radius 1 is 1.23 bits per heavy atom. The number of alkyl halides is 1. The number of ether oxygens (including phenoxy) is 1. The Morgan fingerprint density at radius 2 is 2.00 bits per heavy atom. The molecular formula is C16H17FN2O3. The van der Waals surface area contributed by atoms with Crippen LogP contribution in [0.25, 0.3) is 0 Å². The molecule has 0 aliphatic heterocycles. The molecule has 0 spiro atoms. The fourth-order valence-corrected chi connectivity index (χ4v) is 2.71. The van der Waals surface area contributed by atoms with E-state index < -0.39 is 23.5 Å². The molecule has 116 valence electrons. The third kappa shape index (κ3) is 3.01. The molecule has 0 saturated heterocycles. The van der Waals surface area contributed by atoms with Gasteiger partial charge in [-0.25, -0.2) is 9.18 Å². The number of aromatic amines is 1. The number of hydrogen-bond acceptors (Lipinski definition) is 3. The molecule has 1 unspecified atom stereocenters. The Bertz CT molecular complexity index is 741. The minimum Gasteiger partial charge on any atom is -0.376 e. The van der Waals surface area contributed by atoms with Crippen molar-refractivity contribution in [2.75, 3.05) is 6.61 Å². The van der Waals surface area contributed by atoms with E-state index in [2.05, 4.69) is 4.98 Å². The van der Waals surface area contributed by atoms with Gasteiger partial charge in [0.15, 0.2) is 0 Å². The molecule has 3 atom stereocenters. The normalized spacial score (nSPS) is 24.0. The zero-order chi connectivity index (χ0) is 15.5. The summed E-state index contributed by atoms with van der Waals surface area (Å²) in [4.78, 5) is 24.8. The van der Waals surface area contributed by atoms with Crippen molar-refractivity contribution in [2.45, 2.75) is 25.2 Å². The van der Waals surface area contributed by atoms with Crippen LogP contribution in [0.15, 0.2) is 52.2 Å². The van der Waals surface area contributed by atoms with Gasteiger partial charge in [-0.15, -0.1) is 0 Å². The lowest BCUT2D eigenvalue weighted by Crippen LogP contribution is -2.47. The van der Waals surface area contributed by atoms with Gasteiger partial charge in [-0.2, -0.15) is 0 Å². The van der Waals surface area contributed by atoms with Crippen molar-refractivity contribution >= 4 is 0 Å². The second kappa shape index (κ2) is 6.27. The van der Waals surface area contributed by atoms with Crippen LogP contribution in [0.3, 0.4) is 0 Å². The summed E-state index contributed by atoms with van der Waals surface area (Å²) in [5, 5.41) is 0. The Hall–Kier alpha value is -2.21. The van der Waals surface area contributed by atoms with E-state index in [1.54, 1.807) is 0 Å². The lowest BCUT2D eigenvalue weighted by Gasteiger charge is -2.39. The molecule has 6 heteroatoms. The number of aromatic nitrogens is 2. The van der Waals surface area contributed by atoms with Crippen molar-refractivity contribution < 1.29 is 9.13 Å².